The molecule has 3 rings (SSSR count). The van der Waals surface area contributed by atoms with Gasteiger partial charge < -0.3 is 19.7 Å². The summed E-state index contributed by atoms with van der Waals surface area (Å²) < 4.78 is 10.6. The van der Waals surface area contributed by atoms with Crippen molar-refractivity contribution in [3.8, 4) is 11.5 Å². The second kappa shape index (κ2) is 8.32. The third kappa shape index (κ3) is 4.42. The maximum Gasteiger partial charge on any atom is 0.223 e. The number of thioether (sulfide) groups is 1. The highest BCUT2D eigenvalue weighted by Crippen LogP contribution is 2.37. The molecule has 1 spiro atoms. The van der Waals surface area contributed by atoms with Crippen LogP contribution >= 0.6 is 11.8 Å². The van der Waals surface area contributed by atoms with Gasteiger partial charge in [0.05, 0.1) is 14.2 Å². The molecule has 0 saturated carbocycles. The minimum atomic E-state index is 0.286. The van der Waals surface area contributed by atoms with E-state index in [1.54, 1.807) is 26.0 Å². The molecule has 1 aromatic rings. The standard InChI is InChI=1S/C19H28N2O3S/c1-23-16-4-3-15(13-17(16)24-2)25-12-5-18(22)21-10-7-19(8-11-21)6-9-20-14-19/h3-4,13,20H,5-12,14H2,1-2H3. The maximum absolute atomic E-state index is 12.5. The number of nitrogens with zero attached hydrogens (tertiary/aromatic N) is 1. The van der Waals surface area contributed by atoms with E-state index < -0.39 is 0 Å². The van der Waals surface area contributed by atoms with Gasteiger partial charge in [-0.1, -0.05) is 0 Å². The zero-order chi connectivity index (χ0) is 17.7. The van der Waals surface area contributed by atoms with Crippen molar-refractivity contribution in [2.45, 2.75) is 30.6 Å². The lowest BCUT2D eigenvalue weighted by Gasteiger charge is -2.39. The zero-order valence-corrected chi connectivity index (χ0v) is 16.0. The molecule has 0 unspecified atom stereocenters. The number of ether oxygens (including phenoxy) is 2. The largest absolute Gasteiger partial charge is 0.493 e. The minimum absolute atomic E-state index is 0.286. The molecule has 138 valence electrons. The summed E-state index contributed by atoms with van der Waals surface area (Å²) in [6.07, 6.45) is 4.15. The molecule has 2 heterocycles. The first-order valence-corrected chi connectivity index (χ1v) is 9.98. The molecular formula is C19H28N2O3S. The third-order valence-electron chi connectivity index (χ3n) is 5.45. The van der Waals surface area contributed by atoms with Crippen LogP contribution in [0.25, 0.3) is 0 Å². The molecule has 0 aromatic heterocycles. The lowest BCUT2D eigenvalue weighted by atomic mass is 9.78. The summed E-state index contributed by atoms with van der Waals surface area (Å²) in [4.78, 5) is 15.6. The van der Waals surface area contributed by atoms with E-state index in [9.17, 15) is 4.79 Å². The number of hydrogen-bond donors (Lipinski definition) is 1. The lowest BCUT2D eigenvalue weighted by Crippen LogP contribution is -2.44. The van der Waals surface area contributed by atoms with Crippen LogP contribution in [0.4, 0.5) is 0 Å². The first-order valence-electron chi connectivity index (χ1n) is 8.99. The Morgan fingerprint density at radius 3 is 2.60 bits per heavy atom. The number of nitrogens with one attached hydrogen (secondary N) is 1. The number of rotatable bonds is 6. The molecular weight excluding hydrogens is 336 g/mol. The van der Waals surface area contributed by atoms with Crippen molar-refractivity contribution >= 4 is 17.7 Å². The third-order valence-corrected chi connectivity index (χ3v) is 6.44. The average molecular weight is 365 g/mol. The molecule has 2 aliphatic heterocycles. The smallest absolute Gasteiger partial charge is 0.223 e. The summed E-state index contributed by atoms with van der Waals surface area (Å²) in [6.45, 7) is 4.10. The van der Waals surface area contributed by atoms with Gasteiger partial charge in [-0.3, -0.25) is 4.79 Å². The Morgan fingerprint density at radius 1 is 1.20 bits per heavy atom. The van der Waals surface area contributed by atoms with Crippen LogP contribution in [-0.2, 0) is 4.79 Å². The summed E-state index contributed by atoms with van der Waals surface area (Å²) in [5.74, 6) is 2.53. The predicted octanol–water partition coefficient (Wildman–Crippen LogP) is 2.79. The van der Waals surface area contributed by atoms with E-state index in [0.717, 1.165) is 61.2 Å². The summed E-state index contributed by atoms with van der Waals surface area (Å²) in [5.41, 5.74) is 0.463. The normalized spacial score (nSPS) is 19.2. The quantitative estimate of drug-likeness (QED) is 0.787. The second-order valence-corrected chi connectivity index (χ2v) is 8.09. The van der Waals surface area contributed by atoms with Crippen LogP contribution in [0.2, 0.25) is 0 Å². The Morgan fingerprint density at radius 2 is 1.96 bits per heavy atom. The number of methoxy groups -OCH3 is 2. The number of likely N-dealkylation sites (tertiary alicyclic amines) is 1. The maximum atomic E-state index is 12.5. The number of carbonyl (C=O) groups excluding carboxylic acids is 1. The fourth-order valence-electron chi connectivity index (χ4n) is 3.77. The summed E-state index contributed by atoms with van der Waals surface area (Å²) in [5, 5.41) is 3.47. The number of benzene rings is 1. The molecule has 0 bridgehead atoms. The van der Waals surface area contributed by atoms with Crippen molar-refractivity contribution < 1.29 is 14.3 Å². The Labute approximate surface area is 154 Å². The van der Waals surface area contributed by atoms with Gasteiger partial charge >= 0.3 is 0 Å². The van der Waals surface area contributed by atoms with Crippen LogP contribution in [0.15, 0.2) is 23.1 Å². The summed E-state index contributed by atoms with van der Waals surface area (Å²) in [6, 6.07) is 5.88. The van der Waals surface area contributed by atoms with Gasteiger partial charge in [0.25, 0.3) is 0 Å². The van der Waals surface area contributed by atoms with E-state index in [0.29, 0.717) is 11.8 Å². The number of carbonyl (C=O) groups is 1. The van der Waals surface area contributed by atoms with E-state index >= 15 is 0 Å². The van der Waals surface area contributed by atoms with Crippen LogP contribution in [0.5, 0.6) is 11.5 Å². The lowest BCUT2D eigenvalue weighted by molar-refractivity contribution is -0.132. The molecule has 1 aromatic carbocycles. The van der Waals surface area contributed by atoms with Crippen molar-refractivity contribution in [2.75, 3.05) is 46.2 Å². The topological polar surface area (TPSA) is 50.8 Å². The van der Waals surface area contributed by atoms with Gasteiger partial charge in [-0.05, 0) is 49.4 Å². The molecule has 2 fully saturated rings. The molecule has 0 aliphatic carbocycles. The first-order chi connectivity index (χ1) is 12.2. The van der Waals surface area contributed by atoms with E-state index in [1.807, 2.05) is 18.2 Å². The predicted molar refractivity (Wildman–Crippen MR) is 101 cm³/mol. The SMILES string of the molecule is COc1ccc(SCCC(=O)N2CCC3(CCNC3)CC2)cc1OC. The molecule has 2 saturated heterocycles. The van der Waals surface area contributed by atoms with Gasteiger partial charge in [-0.25, -0.2) is 0 Å². The molecule has 6 heteroatoms. The van der Waals surface area contributed by atoms with Crippen molar-refractivity contribution in [1.29, 1.82) is 0 Å². The van der Waals surface area contributed by atoms with Crippen LogP contribution in [0.1, 0.15) is 25.7 Å². The van der Waals surface area contributed by atoms with Crippen molar-refractivity contribution in [2.24, 2.45) is 5.41 Å². The van der Waals surface area contributed by atoms with Crippen molar-refractivity contribution in [1.82, 2.24) is 10.2 Å². The highest BCUT2D eigenvalue weighted by atomic mass is 32.2. The summed E-state index contributed by atoms with van der Waals surface area (Å²) >= 11 is 1.69. The first kappa shape index (κ1) is 18.4. The Bertz CT molecular complexity index is 592. The fourth-order valence-corrected chi connectivity index (χ4v) is 4.64. The highest BCUT2D eigenvalue weighted by molar-refractivity contribution is 7.99. The van der Waals surface area contributed by atoms with Gasteiger partial charge in [-0.2, -0.15) is 0 Å². The van der Waals surface area contributed by atoms with Crippen LogP contribution in [-0.4, -0.2) is 57.0 Å². The molecule has 0 atom stereocenters. The van der Waals surface area contributed by atoms with Crippen LogP contribution in [0.3, 0.4) is 0 Å². The average Bonchev–Trinajstić information content (AvgIpc) is 3.10. The molecule has 0 radical (unpaired) electrons. The monoisotopic (exact) mass is 364 g/mol. The number of hydrogen-bond acceptors (Lipinski definition) is 5. The van der Waals surface area contributed by atoms with Gasteiger partial charge in [0.15, 0.2) is 11.5 Å². The highest BCUT2D eigenvalue weighted by Gasteiger charge is 2.37. The second-order valence-electron chi connectivity index (χ2n) is 6.92. The molecule has 5 nitrogen and oxygen atoms in total. The van der Waals surface area contributed by atoms with E-state index in [-0.39, 0.29) is 5.91 Å². The van der Waals surface area contributed by atoms with E-state index in [2.05, 4.69) is 10.2 Å². The van der Waals surface area contributed by atoms with E-state index in [1.165, 1.54) is 6.42 Å². The molecule has 1 amide bonds. The molecule has 2 aliphatic rings. The molecule has 1 N–H and O–H groups in total. The fraction of sp³-hybridized carbons (Fsp3) is 0.632. The minimum Gasteiger partial charge on any atom is -0.493 e. The van der Waals surface area contributed by atoms with Crippen molar-refractivity contribution in [3.05, 3.63) is 18.2 Å². The Hall–Kier alpha value is -1.40. The zero-order valence-electron chi connectivity index (χ0n) is 15.2. The van der Waals surface area contributed by atoms with Gasteiger partial charge in [0.1, 0.15) is 0 Å². The van der Waals surface area contributed by atoms with Crippen LogP contribution in [0, 0.1) is 5.41 Å². The Kier molecular flexibility index (Phi) is 6.12. The van der Waals surface area contributed by atoms with Gasteiger partial charge in [0.2, 0.25) is 5.91 Å². The van der Waals surface area contributed by atoms with E-state index in [4.69, 9.17) is 9.47 Å². The number of amides is 1. The summed E-state index contributed by atoms with van der Waals surface area (Å²) in [7, 11) is 3.27. The van der Waals surface area contributed by atoms with Gasteiger partial charge in [-0.15, -0.1) is 11.8 Å². The van der Waals surface area contributed by atoms with Crippen LogP contribution < -0.4 is 14.8 Å². The van der Waals surface area contributed by atoms with Crippen molar-refractivity contribution in [3.63, 3.8) is 0 Å². The number of piperidine rings is 1. The Balaban J connectivity index is 1.44. The van der Waals surface area contributed by atoms with Gasteiger partial charge in [0, 0.05) is 36.7 Å². The molecule has 25 heavy (non-hydrogen) atoms.